The monoisotopic (exact) mass is 317 g/mol. The summed E-state index contributed by atoms with van der Waals surface area (Å²) in [4.78, 5) is 0. The van der Waals surface area contributed by atoms with E-state index in [0.717, 1.165) is 19.5 Å². The second-order valence-electron chi connectivity index (χ2n) is 6.22. The molecule has 108 valence electrons. The Labute approximate surface area is 135 Å². The third-order valence-electron chi connectivity index (χ3n) is 5.09. The summed E-state index contributed by atoms with van der Waals surface area (Å²) in [6, 6.07) is 15.0. The molecule has 2 atom stereocenters. The van der Waals surface area contributed by atoms with E-state index in [0.29, 0.717) is 21.4 Å². The average Bonchev–Trinajstić information content (AvgIpc) is 3.10. The Morgan fingerprint density at radius 3 is 2.67 bits per heavy atom. The van der Waals surface area contributed by atoms with Crippen LogP contribution in [0.2, 0.25) is 10.0 Å². The molecule has 1 saturated heterocycles. The topological polar surface area (TPSA) is 12.0 Å². The summed E-state index contributed by atoms with van der Waals surface area (Å²) in [5.74, 6) is 0.427. The molecule has 21 heavy (non-hydrogen) atoms. The molecule has 1 spiro atoms. The summed E-state index contributed by atoms with van der Waals surface area (Å²) in [6.07, 6.45) is 2.39. The van der Waals surface area contributed by atoms with Crippen LogP contribution in [-0.2, 0) is 5.41 Å². The van der Waals surface area contributed by atoms with Crippen LogP contribution in [0.5, 0.6) is 0 Å². The van der Waals surface area contributed by atoms with Gasteiger partial charge >= 0.3 is 0 Å². The number of benzene rings is 2. The van der Waals surface area contributed by atoms with Gasteiger partial charge < -0.3 is 5.32 Å². The first kappa shape index (κ1) is 13.6. The fourth-order valence-electron chi connectivity index (χ4n) is 4.07. The van der Waals surface area contributed by atoms with Crippen LogP contribution in [-0.4, -0.2) is 13.1 Å². The number of hydrogen-bond donors (Lipinski definition) is 1. The van der Waals surface area contributed by atoms with E-state index in [4.69, 9.17) is 23.2 Å². The van der Waals surface area contributed by atoms with Crippen molar-refractivity contribution in [2.24, 2.45) is 0 Å². The largest absolute Gasteiger partial charge is 0.316 e. The van der Waals surface area contributed by atoms with E-state index in [-0.39, 0.29) is 0 Å². The minimum Gasteiger partial charge on any atom is -0.316 e. The molecule has 2 aromatic carbocycles. The van der Waals surface area contributed by atoms with Crippen LogP contribution in [0, 0.1) is 0 Å². The van der Waals surface area contributed by atoms with Gasteiger partial charge in [0.2, 0.25) is 0 Å². The Kier molecular flexibility index (Phi) is 3.25. The summed E-state index contributed by atoms with van der Waals surface area (Å²) >= 11 is 12.3. The summed E-state index contributed by atoms with van der Waals surface area (Å²) < 4.78 is 0. The van der Waals surface area contributed by atoms with Gasteiger partial charge in [0.1, 0.15) is 0 Å². The fourth-order valence-corrected chi connectivity index (χ4v) is 4.38. The molecule has 4 rings (SSSR count). The highest BCUT2D eigenvalue weighted by molar-refractivity contribution is 6.42. The first-order chi connectivity index (χ1) is 10.2. The van der Waals surface area contributed by atoms with E-state index in [1.807, 2.05) is 12.1 Å². The molecule has 1 heterocycles. The Morgan fingerprint density at radius 1 is 1.05 bits per heavy atom. The number of rotatable bonds is 1. The molecule has 2 aromatic rings. The van der Waals surface area contributed by atoms with E-state index in [1.165, 1.54) is 23.1 Å². The van der Waals surface area contributed by atoms with Gasteiger partial charge in [0.15, 0.2) is 0 Å². The van der Waals surface area contributed by atoms with Gasteiger partial charge in [0.05, 0.1) is 10.0 Å². The van der Waals surface area contributed by atoms with Crippen LogP contribution in [0.15, 0.2) is 42.5 Å². The maximum Gasteiger partial charge on any atom is 0.0595 e. The van der Waals surface area contributed by atoms with Gasteiger partial charge in [-0.05, 0) is 48.2 Å². The number of nitrogens with one attached hydrogen (secondary N) is 1. The highest BCUT2D eigenvalue weighted by Crippen LogP contribution is 2.51. The molecule has 3 heteroatoms. The smallest absolute Gasteiger partial charge is 0.0595 e. The van der Waals surface area contributed by atoms with E-state index < -0.39 is 0 Å². The summed E-state index contributed by atoms with van der Waals surface area (Å²) in [6.45, 7) is 2.20. The number of hydrogen-bond acceptors (Lipinski definition) is 1. The van der Waals surface area contributed by atoms with Crippen LogP contribution in [0.3, 0.4) is 0 Å². The number of halogens is 2. The molecule has 1 nitrogen and oxygen atoms in total. The van der Waals surface area contributed by atoms with Crippen LogP contribution in [0.25, 0.3) is 0 Å². The molecule has 1 fully saturated rings. The first-order valence-corrected chi connectivity index (χ1v) is 8.20. The molecular formula is C18H17Cl2N. The molecule has 2 aliphatic rings. The second-order valence-corrected chi connectivity index (χ2v) is 7.04. The van der Waals surface area contributed by atoms with Gasteiger partial charge in [-0.25, -0.2) is 0 Å². The molecule has 2 unspecified atom stereocenters. The van der Waals surface area contributed by atoms with Gasteiger partial charge in [-0.3, -0.25) is 0 Å². The Bertz CT molecular complexity index is 689. The minimum atomic E-state index is 0.299. The molecule has 1 N–H and O–H groups in total. The summed E-state index contributed by atoms with van der Waals surface area (Å²) in [7, 11) is 0. The van der Waals surface area contributed by atoms with Gasteiger partial charge in [0.25, 0.3) is 0 Å². The van der Waals surface area contributed by atoms with Crippen molar-refractivity contribution in [3.05, 3.63) is 69.2 Å². The molecule has 0 bridgehead atoms. The average molecular weight is 318 g/mol. The standard InChI is InChI=1S/C18H17Cl2N/c19-16-6-5-12(9-17(16)20)14-10-18(7-8-21-11-18)15-4-2-1-3-13(14)15/h1-6,9,14,21H,7-8,10-11H2. The van der Waals surface area contributed by atoms with Crippen LogP contribution >= 0.6 is 23.2 Å². The highest BCUT2D eigenvalue weighted by atomic mass is 35.5. The fraction of sp³-hybridized carbons (Fsp3) is 0.333. The molecule has 0 amide bonds. The Hall–Kier alpha value is -1.02. The molecule has 1 aliphatic carbocycles. The lowest BCUT2D eigenvalue weighted by molar-refractivity contribution is 0.451. The van der Waals surface area contributed by atoms with Crippen LogP contribution in [0.4, 0.5) is 0 Å². The van der Waals surface area contributed by atoms with Crippen molar-refractivity contribution in [1.29, 1.82) is 0 Å². The van der Waals surface area contributed by atoms with Gasteiger partial charge in [0, 0.05) is 17.9 Å². The first-order valence-electron chi connectivity index (χ1n) is 7.45. The lowest BCUT2D eigenvalue weighted by Crippen LogP contribution is -2.26. The molecular weight excluding hydrogens is 301 g/mol. The summed E-state index contributed by atoms with van der Waals surface area (Å²) in [5.41, 5.74) is 4.55. The van der Waals surface area contributed by atoms with Crippen molar-refractivity contribution in [1.82, 2.24) is 5.32 Å². The van der Waals surface area contributed by atoms with Crippen molar-refractivity contribution in [2.45, 2.75) is 24.2 Å². The van der Waals surface area contributed by atoms with Crippen LogP contribution in [0.1, 0.15) is 35.4 Å². The lowest BCUT2D eigenvalue weighted by atomic mass is 9.80. The Morgan fingerprint density at radius 2 is 1.90 bits per heavy atom. The number of fused-ring (bicyclic) bond motifs is 2. The van der Waals surface area contributed by atoms with Crippen molar-refractivity contribution >= 4 is 23.2 Å². The second kappa shape index (κ2) is 5.01. The zero-order valence-corrected chi connectivity index (χ0v) is 13.2. The highest BCUT2D eigenvalue weighted by Gasteiger charge is 2.45. The molecule has 0 radical (unpaired) electrons. The quantitative estimate of drug-likeness (QED) is 0.799. The lowest BCUT2D eigenvalue weighted by Gasteiger charge is -2.24. The molecule has 0 saturated carbocycles. The summed E-state index contributed by atoms with van der Waals surface area (Å²) in [5, 5.41) is 4.82. The third-order valence-corrected chi connectivity index (χ3v) is 5.83. The van der Waals surface area contributed by atoms with Crippen molar-refractivity contribution in [3.63, 3.8) is 0 Å². The van der Waals surface area contributed by atoms with Crippen molar-refractivity contribution in [2.75, 3.05) is 13.1 Å². The van der Waals surface area contributed by atoms with Gasteiger partial charge in [-0.15, -0.1) is 0 Å². The van der Waals surface area contributed by atoms with E-state index in [9.17, 15) is 0 Å². The maximum absolute atomic E-state index is 6.23. The minimum absolute atomic E-state index is 0.299. The van der Waals surface area contributed by atoms with Crippen LogP contribution < -0.4 is 5.32 Å². The van der Waals surface area contributed by atoms with Gasteiger partial charge in [-0.1, -0.05) is 53.5 Å². The van der Waals surface area contributed by atoms with E-state index in [1.54, 1.807) is 0 Å². The molecule has 0 aromatic heterocycles. The third kappa shape index (κ3) is 2.11. The predicted molar refractivity (Wildman–Crippen MR) is 88.5 cm³/mol. The van der Waals surface area contributed by atoms with E-state index in [2.05, 4.69) is 35.6 Å². The maximum atomic E-state index is 6.23. The zero-order chi connectivity index (χ0) is 14.4. The Balaban J connectivity index is 1.82. The van der Waals surface area contributed by atoms with Gasteiger partial charge in [-0.2, -0.15) is 0 Å². The molecule has 1 aliphatic heterocycles. The van der Waals surface area contributed by atoms with Crippen molar-refractivity contribution < 1.29 is 0 Å². The zero-order valence-electron chi connectivity index (χ0n) is 11.7. The normalized spacial score (nSPS) is 27.2. The van der Waals surface area contributed by atoms with E-state index >= 15 is 0 Å². The SMILES string of the molecule is Clc1ccc(C2CC3(CCNC3)c3ccccc32)cc1Cl. The van der Waals surface area contributed by atoms with Crippen molar-refractivity contribution in [3.8, 4) is 0 Å². The predicted octanol–water partition coefficient (Wildman–Crippen LogP) is 4.76.